The van der Waals surface area contributed by atoms with Crippen LogP contribution in [0.2, 0.25) is 0 Å². The number of fused-ring (bicyclic) bond motifs is 3. The monoisotopic (exact) mass is 501 g/mol. The third-order valence-electron chi connectivity index (χ3n) is 5.45. The third-order valence-corrected chi connectivity index (χ3v) is 5.45. The topological polar surface area (TPSA) is 234 Å². The molecule has 15 nitrogen and oxygen atoms in total. The SMILES string of the molecule is Nc1nc2c(c(=O)[nH]1)[N+]1=CN(c3ccc(C(=O)N[C@@H](CCC(=O)O)C(=O)O)cc3)CC1CN2.O=C[O-]. The van der Waals surface area contributed by atoms with Gasteiger partial charge in [0, 0.05) is 18.5 Å². The van der Waals surface area contributed by atoms with Gasteiger partial charge < -0.3 is 36.5 Å². The first-order valence-corrected chi connectivity index (χ1v) is 10.6. The fourth-order valence-electron chi connectivity index (χ4n) is 3.81. The minimum absolute atomic E-state index is 0.0161. The van der Waals surface area contributed by atoms with Crippen LogP contribution in [-0.2, 0) is 14.4 Å². The van der Waals surface area contributed by atoms with Gasteiger partial charge in [0.1, 0.15) is 18.3 Å². The number of hydrogen-bond acceptors (Lipinski definition) is 10. The predicted molar refractivity (Wildman–Crippen MR) is 123 cm³/mol. The van der Waals surface area contributed by atoms with Gasteiger partial charge >= 0.3 is 17.5 Å². The van der Waals surface area contributed by atoms with E-state index in [4.69, 9.17) is 20.7 Å². The standard InChI is InChI=1S/C20H21N7O6.CH2O2/c21-20-24-16-15(18(31)25-20)27-9-26(8-12(27)7-22-16)11-3-1-10(2-4-11)17(30)23-13(19(32)33)5-6-14(28)29;2-1-3/h1-4,9,12-13H,5-8H2,(H6-,21,22,23,24,25,28,29,30,31,32,33);1H,(H,2,3)/t12?,13-;/m0./s1. The molecule has 2 atom stereocenters. The Bertz CT molecular complexity index is 1260. The summed E-state index contributed by atoms with van der Waals surface area (Å²) in [7, 11) is 0. The number of aliphatic carboxylic acids is 2. The summed E-state index contributed by atoms with van der Waals surface area (Å²) < 4.78 is 1.83. The highest BCUT2D eigenvalue weighted by Crippen LogP contribution is 2.28. The third kappa shape index (κ3) is 5.75. The van der Waals surface area contributed by atoms with Crippen LogP contribution < -0.4 is 31.9 Å². The van der Waals surface area contributed by atoms with E-state index < -0.39 is 30.4 Å². The molecule has 0 aliphatic carbocycles. The van der Waals surface area contributed by atoms with Crippen LogP contribution in [0.3, 0.4) is 0 Å². The maximum atomic E-state index is 12.4. The number of nitrogens with one attached hydrogen (secondary N) is 3. The number of anilines is 3. The molecule has 0 radical (unpaired) electrons. The molecule has 0 bridgehead atoms. The van der Waals surface area contributed by atoms with E-state index in [1.807, 2.05) is 9.48 Å². The maximum absolute atomic E-state index is 12.4. The van der Waals surface area contributed by atoms with Gasteiger partial charge in [-0.05, 0) is 30.7 Å². The minimum atomic E-state index is -1.30. The second-order valence-corrected chi connectivity index (χ2v) is 7.80. The van der Waals surface area contributed by atoms with E-state index in [1.54, 1.807) is 30.6 Å². The number of H-pyrrole nitrogens is 1. The molecule has 0 saturated heterocycles. The number of carbonyl (C=O) groups excluding carboxylic acids is 2. The van der Waals surface area contributed by atoms with Crippen LogP contribution in [0.4, 0.5) is 23.1 Å². The number of amides is 1. The number of rotatable bonds is 7. The summed E-state index contributed by atoms with van der Waals surface area (Å²) in [6.07, 6.45) is 1.20. The Morgan fingerprint density at radius 1 is 1.31 bits per heavy atom. The number of nitrogen functional groups attached to an aromatic ring is 1. The second-order valence-electron chi connectivity index (χ2n) is 7.80. The second kappa shape index (κ2) is 11.0. The van der Waals surface area contributed by atoms with Crippen LogP contribution in [0.25, 0.3) is 0 Å². The summed E-state index contributed by atoms with van der Waals surface area (Å²) in [5.74, 6) is -2.62. The average Bonchev–Trinajstić information content (AvgIpc) is 3.26. The molecule has 1 aromatic carbocycles. The number of carboxylic acids is 2. The van der Waals surface area contributed by atoms with Gasteiger partial charge in [0.25, 0.3) is 5.91 Å². The lowest BCUT2D eigenvalue weighted by Gasteiger charge is -2.20. The van der Waals surface area contributed by atoms with E-state index in [2.05, 4.69) is 20.6 Å². The van der Waals surface area contributed by atoms with Crippen molar-refractivity contribution < 1.29 is 39.1 Å². The van der Waals surface area contributed by atoms with Gasteiger partial charge in [-0.2, -0.15) is 4.98 Å². The Labute approximate surface area is 202 Å². The first-order valence-electron chi connectivity index (χ1n) is 10.6. The zero-order valence-electron chi connectivity index (χ0n) is 18.7. The zero-order valence-corrected chi connectivity index (χ0v) is 18.7. The van der Waals surface area contributed by atoms with Crippen molar-refractivity contribution >= 4 is 53.8 Å². The van der Waals surface area contributed by atoms with Gasteiger partial charge in [-0.25, -0.2) is 14.3 Å². The van der Waals surface area contributed by atoms with E-state index in [-0.39, 0.29) is 36.0 Å². The molecule has 0 fully saturated rings. The molecule has 0 saturated carbocycles. The van der Waals surface area contributed by atoms with E-state index in [0.717, 1.165) is 5.69 Å². The molecule has 4 rings (SSSR count). The highest BCUT2D eigenvalue weighted by molar-refractivity contribution is 5.97. The van der Waals surface area contributed by atoms with Gasteiger partial charge in [0.15, 0.2) is 11.9 Å². The number of hydrogen-bond donors (Lipinski definition) is 6. The average molecular weight is 501 g/mol. The molecule has 2 aliphatic heterocycles. The van der Waals surface area contributed by atoms with Crippen molar-refractivity contribution in [1.29, 1.82) is 0 Å². The Kier molecular flexibility index (Phi) is 7.83. The van der Waals surface area contributed by atoms with Crippen LogP contribution in [0.15, 0.2) is 29.1 Å². The molecule has 1 aromatic heterocycles. The lowest BCUT2D eigenvalue weighted by atomic mass is 10.1. The first kappa shape index (κ1) is 25.7. The van der Waals surface area contributed by atoms with Crippen LogP contribution in [0.1, 0.15) is 23.2 Å². The quantitative estimate of drug-likeness (QED) is 0.174. The van der Waals surface area contributed by atoms with E-state index in [9.17, 15) is 24.3 Å². The van der Waals surface area contributed by atoms with Crippen molar-refractivity contribution in [2.24, 2.45) is 0 Å². The number of nitrogens with zero attached hydrogens (tertiary/aromatic N) is 3. The van der Waals surface area contributed by atoms with Gasteiger partial charge in [-0.3, -0.25) is 19.4 Å². The lowest BCUT2D eigenvalue weighted by molar-refractivity contribution is -0.468. The molecule has 3 heterocycles. The van der Waals surface area contributed by atoms with Gasteiger partial charge in [-0.1, -0.05) is 0 Å². The highest BCUT2D eigenvalue weighted by atomic mass is 16.4. The summed E-state index contributed by atoms with van der Waals surface area (Å²) in [5.41, 5.74) is 6.64. The molecule has 0 spiro atoms. The Morgan fingerprint density at radius 3 is 2.58 bits per heavy atom. The summed E-state index contributed by atoms with van der Waals surface area (Å²) >= 11 is 0. The molecular formula is C21H23N7O8. The van der Waals surface area contributed by atoms with Gasteiger partial charge in [-0.15, -0.1) is 0 Å². The zero-order chi connectivity index (χ0) is 26.4. The molecule has 7 N–H and O–H groups in total. The fraction of sp³-hybridized carbons (Fsp3) is 0.286. The molecule has 1 amide bonds. The lowest BCUT2D eigenvalue weighted by Crippen LogP contribution is -2.41. The maximum Gasteiger partial charge on any atom is 0.326 e. The smallest absolute Gasteiger partial charge is 0.326 e. The van der Waals surface area contributed by atoms with Gasteiger partial charge in [0.2, 0.25) is 18.0 Å². The van der Waals surface area contributed by atoms with Crippen molar-refractivity contribution in [2.75, 3.05) is 29.0 Å². The van der Waals surface area contributed by atoms with Crippen molar-refractivity contribution in [3.63, 3.8) is 0 Å². The summed E-state index contributed by atoms with van der Waals surface area (Å²) in [6, 6.07) is 5.19. The number of aromatic nitrogens is 2. The molecule has 15 heteroatoms. The molecule has 36 heavy (non-hydrogen) atoms. The number of carbonyl (C=O) groups is 4. The van der Waals surface area contributed by atoms with Crippen LogP contribution in [0, 0.1) is 0 Å². The predicted octanol–water partition coefficient (Wildman–Crippen LogP) is -2.25. The number of aromatic amines is 1. The van der Waals surface area contributed by atoms with E-state index in [0.29, 0.717) is 24.6 Å². The van der Waals surface area contributed by atoms with Crippen LogP contribution >= 0.6 is 0 Å². The van der Waals surface area contributed by atoms with Crippen LogP contribution in [-0.4, -0.2) is 80.6 Å². The van der Waals surface area contributed by atoms with E-state index in [1.165, 1.54) is 0 Å². The van der Waals surface area contributed by atoms with Crippen molar-refractivity contribution in [2.45, 2.75) is 24.9 Å². The molecule has 2 aliphatic rings. The number of carboxylic acid groups (broad SMARTS) is 3. The summed E-state index contributed by atoms with van der Waals surface area (Å²) in [5, 5.41) is 31.7. The molecule has 1 unspecified atom stereocenters. The molecule has 2 aromatic rings. The van der Waals surface area contributed by atoms with Gasteiger partial charge in [0.05, 0.1) is 6.54 Å². The number of benzene rings is 1. The Hall–Kier alpha value is -4.95. The molecular weight excluding hydrogens is 478 g/mol. The van der Waals surface area contributed by atoms with Crippen LogP contribution in [0.5, 0.6) is 0 Å². The number of nitrogens with two attached hydrogens (primary N) is 1. The van der Waals surface area contributed by atoms with Crippen molar-refractivity contribution in [3.05, 3.63) is 40.2 Å². The highest BCUT2D eigenvalue weighted by Gasteiger charge is 2.39. The Balaban J connectivity index is 0.00000115. The van der Waals surface area contributed by atoms with Crippen molar-refractivity contribution in [1.82, 2.24) is 15.3 Å². The Morgan fingerprint density at radius 2 is 1.97 bits per heavy atom. The summed E-state index contributed by atoms with van der Waals surface area (Å²) in [6.45, 7) is 0.640. The van der Waals surface area contributed by atoms with Crippen molar-refractivity contribution in [3.8, 4) is 0 Å². The summed E-state index contributed by atoms with van der Waals surface area (Å²) in [4.78, 5) is 63.6. The van der Waals surface area contributed by atoms with E-state index >= 15 is 0 Å². The fourth-order valence-corrected chi connectivity index (χ4v) is 3.81. The minimum Gasteiger partial charge on any atom is -0.554 e. The molecule has 190 valence electrons. The largest absolute Gasteiger partial charge is 0.554 e. The first-order chi connectivity index (χ1) is 17.1. The normalized spacial score (nSPS) is 16.2.